The minimum Gasteiger partial charge on any atom is -0.374 e. The number of nitrogens with zero attached hydrogens (tertiary/aromatic N) is 4. The maximum Gasteiger partial charge on any atom is 0.244 e. The van der Waals surface area contributed by atoms with Crippen LogP contribution >= 0.6 is 0 Å². The van der Waals surface area contributed by atoms with E-state index in [-0.39, 0.29) is 11.9 Å². The zero-order valence-corrected chi connectivity index (χ0v) is 23.4. The van der Waals surface area contributed by atoms with Crippen LogP contribution in [0, 0.1) is 0 Å². The molecule has 208 valence electrons. The number of hydrogen-bond acceptors (Lipinski definition) is 8. The van der Waals surface area contributed by atoms with Gasteiger partial charge < -0.3 is 15.4 Å². The Balaban J connectivity index is 1.48. The first-order valence-electron chi connectivity index (χ1n) is 13.7. The van der Waals surface area contributed by atoms with Crippen LogP contribution in [0.4, 0.5) is 17.5 Å². The maximum atomic E-state index is 13.9. The highest BCUT2D eigenvalue weighted by Crippen LogP contribution is 2.37. The highest BCUT2D eigenvalue weighted by molar-refractivity contribution is 7.89. The van der Waals surface area contributed by atoms with E-state index in [4.69, 9.17) is 14.7 Å². The number of benzene rings is 2. The van der Waals surface area contributed by atoms with Crippen molar-refractivity contribution in [1.82, 2.24) is 24.1 Å². The number of aromatic nitrogens is 5. The summed E-state index contributed by atoms with van der Waals surface area (Å²) in [5.41, 5.74) is 3.40. The molecule has 0 bridgehead atoms. The monoisotopic (exact) mass is 559 g/mol. The van der Waals surface area contributed by atoms with Crippen LogP contribution in [0.15, 0.2) is 60.9 Å². The van der Waals surface area contributed by atoms with Crippen molar-refractivity contribution in [3.63, 3.8) is 0 Å². The smallest absolute Gasteiger partial charge is 0.244 e. The number of fused-ring (bicyclic) bond motifs is 2. The number of aromatic amines is 1. The van der Waals surface area contributed by atoms with Gasteiger partial charge in [-0.25, -0.2) is 12.4 Å². The lowest BCUT2D eigenvalue weighted by atomic mass is 10.1. The van der Waals surface area contributed by atoms with Gasteiger partial charge >= 0.3 is 0 Å². The summed E-state index contributed by atoms with van der Waals surface area (Å²) in [7, 11) is -3.82. The quantitative estimate of drug-likeness (QED) is 0.162. The zero-order chi connectivity index (χ0) is 27.7. The Morgan fingerprint density at radius 2 is 1.98 bits per heavy atom. The second-order valence-corrected chi connectivity index (χ2v) is 12.1. The van der Waals surface area contributed by atoms with Crippen LogP contribution in [0.25, 0.3) is 21.9 Å². The van der Waals surface area contributed by atoms with E-state index in [1.165, 1.54) is 3.97 Å². The summed E-state index contributed by atoms with van der Waals surface area (Å²) in [4.78, 5) is 9.61. The molecule has 1 aliphatic carbocycles. The first-order valence-corrected chi connectivity index (χ1v) is 15.3. The molecule has 0 aliphatic heterocycles. The van der Waals surface area contributed by atoms with Crippen molar-refractivity contribution in [3.05, 3.63) is 72.1 Å². The third-order valence-corrected chi connectivity index (χ3v) is 8.63. The van der Waals surface area contributed by atoms with Crippen molar-refractivity contribution in [2.24, 2.45) is 0 Å². The predicted octanol–water partition coefficient (Wildman–Crippen LogP) is 5.88. The number of nitrogens with one attached hydrogen (secondary N) is 3. The van der Waals surface area contributed by atoms with Gasteiger partial charge in [0.1, 0.15) is 5.82 Å². The van der Waals surface area contributed by atoms with Crippen LogP contribution in [0.5, 0.6) is 0 Å². The normalized spacial score (nSPS) is 14.6. The van der Waals surface area contributed by atoms with E-state index in [0.717, 1.165) is 47.8 Å². The zero-order valence-electron chi connectivity index (χ0n) is 22.6. The molecule has 5 aromatic rings. The van der Waals surface area contributed by atoms with Crippen molar-refractivity contribution in [1.29, 1.82) is 0 Å². The molecule has 3 heterocycles. The number of rotatable bonds is 12. The van der Waals surface area contributed by atoms with Gasteiger partial charge in [0.2, 0.25) is 16.0 Å². The molecule has 3 aromatic heterocycles. The van der Waals surface area contributed by atoms with E-state index >= 15 is 0 Å². The summed E-state index contributed by atoms with van der Waals surface area (Å²) in [6.45, 7) is 4.65. The van der Waals surface area contributed by atoms with Crippen molar-refractivity contribution < 1.29 is 13.2 Å². The van der Waals surface area contributed by atoms with Crippen molar-refractivity contribution >= 4 is 49.4 Å². The van der Waals surface area contributed by atoms with Gasteiger partial charge in [-0.05, 0) is 49.9 Å². The number of H-pyrrole nitrogens is 1. The third-order valence-electron chi connectivity index (χ3n) is 7.06. The Morgan fingerprint density at radius 1 is 1.15 bits per heavy atom. The molecule has 1 saturated carbocycles. The summed E-state index contributed by atoms with van der Waals surface area (Å²) in [6, 6.07) is 15.3. The van der Waals surface area contributed by atoms with Gasteiger partial charge in [-0.2, -0.15) is 15.1 Å². The minimum absolute atomic E-state index is 0.156. The van der Waals surface area contributed by atoms with E-state index in [1.807, 2.05) is 55.5 Å². The molecule has 0 saturated heterocycles. The molecular weight excluding hydrogens is 526 g/mol. The molecule has 0 spiro atoms. The Hall–Kier alpha value is -3.96. The lowest BCUT2D eigenvalue weighted by Crippen LogP contribution is -2.15. The topological polar surface area (TPSA) is 127 Å². The Labute approximate surface area is 233 Å². The van der Waals surface area contributed by atoms with Crippen molar-refractivity contribution in [2.75, 3.05) is 17.2 Å². The van der Waals surface area contributed by atoms with Crippen LogP contribution in [0.1, 0.15) is 56.8 Å². The molecular formula is C29H33N7O3S. The van der Waals surface area contributed by atoms with Gasteiger partial charge in [-0.15, -0.1) is 0 Å². The molecule has 2 aromatic carbocycles. The summed E-state index contributed by atoms with van der Waals surface area (Å²) in [5.74, 6) is 0.749. The fraction of sp³-hybridized carbons (Fsp3) is 0.345. The molecule has 1 unspecified atom stereocenters. The molecule has 0 radical (unpaired) electrons. The lowest BCUT2D eigenvalue weighted by molar-refractivity contribution is 0.0646. The molecule has 1 aliphatic rings. The van der Waals surface area contributed by atoms with Crippen molar-refractivity contribution in [3.8, 4) is 0 Å². The summed E-state index contributed by atoms with van der Waals surface area (Å²) in [6.07, 6.45) is 7.09. The van der Waals surface area contributed by atoms with Gasteiger partial charge in [-0.3, -0.25) is 5.10 Å². The first-order chi connectivity index (χ1) is 19.4. The van der Waals surface area contributed by atoms with E-state index < -0.39 is 10.0 Å². The minimum atomic E-state index is -3.82. The van der Waals surface area contributed by atoms with Crippen LogP contribution in [-0.4, -0.2) is 45.2 Å². The van der Waals surface area contributed by atoms with Gasteiger partial charge in [0.25, 0.3) is 0 Å². The fourth-order valence-electron chi connectivity index (χ4n) is 4.72. The average molecular weight is 560 g/mol. The largest absolute Gasteiger partial charge is 0.374 e. The Kier molecular flexibility index (Phi) is 7.16. The lowest BCUT2D eigenvalue weighted by Gasteiger charge is -2.15. The van der Waals surface area contributed by atoms with Gasteiger partial charge in [0.15, 0.2) is 5.65 Å². The Morgan fingerprint density at radius 3 is 2.75 bits per heavy atom. The molecule has 3 N–H and O–H groups in total. The number of anilines is 3. The van der Waals surface area contributed by atoms with E-state index in [0.29, 0.717) is 41.0 Å². The predicted molar refractivity (Wildman–Crippen MR) is 157 cm³/mol. The molecule has 40 heavy (non-hydrogen) atoms. The second-order valence-electron chi connectivity index (χ2n) is 10.3. The molecule has 10 nitrogen and oxygen atoms in total. The molecule has 0 amide bonds. The summed E-state index contributed by atoms with van der Waals surface area (Å²) >= 11 is 0. The maximum absolute atomic E-state index is 13.9. The molecule has 6 rings (SSSR count). The van der Waals surface area contributed by atoms with Gasteiger partial charge in [0, 0.05) is 35.5 Å². The van der Waals surface area contributed by atoms with Gasteiger partial charge in [-0.1, -0.05) is 43.7 Å². The van der Waals surface area contributed by atoms with E-state index in [2.05, 4.69) is 27.8 Å². The highest BCUT2D eigenvalue weighted by atomic mass is 32.2. The van der Waals surface area contributed by atoms with Crippen molar-refractivity contribution in [2.45, 2.75) is 57.4 Å². The number of hydrogen-bond donors (Lipinski definition) is 3. The van der Waals surface area contributed by atoms with Crippen LogP contribution < -0.4 is 10.6 Å². The van der Waals surface area contributed by atoms with Gasteiger partial charge in [0.05, 0.1) is 29.0 Å². The van der Waals surface area contributed by atoms with Crippen LogP contribution in [0.3, 0.4) is 0 Å². The van der Waals surface area contributed by atoms with Crippen LogP contribution in [-0.2, 0) is 20.5 Å². The standard InChI is InChI=1S/C29H33N7O3S/c1-3-4-14-39-19(2)24-17-36(40(37,38)18-20-8-6-5-7-9-20)28-26(24)27(31-22-12-13-22)33-29(34-28)32-23-11-10-21-16-30-35-25(21)15-23/h5-11,15-17,19,22H,3-4,12-14,18H2,1-2H3,(H,30,35)(H2,31,32,33,34). The molecule has 1 fully saturated rings. The highest BCUT2D eigenvalue weighted by Gasteiger charge is 2.29. The van der Waals surface area contributed by atoms with Crippen LogP contribution in [0.2, 0.25) is 0 Å². The SMILES string of the molecule is CCCCOC(C)c1cn(S(=O)(=O)Cc2ccccc2)c2nc(Nc3ccc4cn[nH]c4c3)nc(NC3CC3)c12. The summed E-state index contributed by atoms with van der Waals surface area (Å²) in [5, 5.41) is 15.5. The van der Waals surface area contributed by atoms with E-state index in [1.54, 1.807) is 12.4 Å². The first kappa shape index (κ1) is 26.3. The average Bonchev–Trinajstić information content (AvgIpc) is 3.47. The molecule has 1 atom stereocenters. The number of ether oxygens (including phenoxy) is 1. The van der Waals surface area contributed by atoms with E-state index in [9.17, 15) is 8.42 Å². The summed E-state index contributed by atoms with van der Waals surface area (Å²) < 4.78 is 35.1. The number of unbranched alkanes of at least 4 members (excludes halogenated alkanes) is 1. The molecule has 11 heteroatoms. The second kappa shape index (κ2) is 10.9. The third kappa shape index (κ3) is 5.52. The fourth-order valence-corrected chi connectivity index (χ4v) is 6.14. The Bertz CT molecular complexity index is 1740.